The van der Waals surface area contributed by atoms with Crippen molar-refractivity contribution in [2.45, 2.75) is 196 Å². The summed E-state index contributed by atoms with van der Waals surface area (Å²) in [7, 11) is -11.1. The van der Waals surface area contributed by atoms with Gasteiger partial charge in [0, 0.05) is 125 Å². The summed E-state index contributed by atoms with van der Waals surface area (Å²) in [6.45, 7) is 23.8. The van der Waals surface area contributed by atoms with Crippen LogP contribution in [0.5, 0.6) is 0 Å². The molecule has 7 fully saturated rings. The lowest BCUT2D eigenvalue weighted by Gasteiger charge is -2.72. The average Bonchev–Trinajstić information content (AvgIpc) is 0.703. The van der Waals surface area contributed by atoms with Crippen LogP contribution in [0.1, 0.15) is 166 Å². The maximum atomic E-state index is 14.6. The minimum absolute atomic E-state index is 0.0107. The topological polar surface area (TPSA) is 251 Å². The van der Waals surface area contributed by atoms with Crippen molar-refractivity contribution in [2.75, 3.05) is 88.0 Å². The number of aryl methyl sites for hydroxylation is 1. The molecular formula is C79H103F3N10O10S4. The van der Waals surface area contributed by atoms with Gasteiger partial charge in [0.2, 0.25) is 23.6 Å². The summed E-state index contributed by atoms with van der Waals surface area (Å²) in [5.74, 6) is -1.85. The van der Waals surface area contributed by atoms with Gasteiger partial charge < -0.3 is 40.7 Å². The van der Waals surface area contributed by atoms with Gasteiger partial charge >= 0.3 is 5.51 Å². The second-order valence-corrected chi connectivity index (χ2v) is 38.9. The number of thiazole rings is 1. The fourth-order valence-corrected chi connectivity index (χ4v) is 21.1. The van der Waals surface area contributed by atoms with Gasteiger partial charge in [-0.25, -0.2) is 26.5 Å². The number of piperazine rings is 1. The summed E-state index contributed by atoms with van der Waals surface area (Å²) >= 11 is 2.98. The number of likely N-dealkylation sites (tertiary alicyclic amines) is 3. The van der Waals surface area contributed by atoms with E-state index < -0.39 is 88.2 Å². The van der Waals surface area contributed by atoms with Crippen LogP contribution in [0, 0.1) is 34.0 Å². The van der Waals surface area contributed by atoms with E-state index in [0.717, 1.165) is 83.6 Å². The van der Waals surface area contributed by atoms with E-state index in [1.165, 1.54) is 60.9 Å². The normalized spacial score (nSPS) is 23.2. The summed E-state index contributed by atoms with van der Waals surface area (Å²) < 4.78 is 100. The molecule has 4 aliphatic heterocycles. The number of anilines is 2. The highest BCUT2D eigenvalue weighted by molar-refractivity contribution is 7.99. The van der Waals surface area contributed by atoms with Crippen LogP contribution >= 0.6 is 23.1 Å². The van der Waals surface area contributed by atoms with Gasteiger partial charge in [0.1, 0.15) is 17.0 Å². The first-order valence-electron chi connectivity index (χ1n) is 37.3. The Bertz CT molecular complexity index is 4300. The number of carbonyl (C=O) groups is 5. The predicted molar refractivity (Wildman–Crippen MR) is 407 cm³/mol. The molecule has 4 aliphatic carbocycles. The van der Waals surface area contributed by atoms with Gasteiger partial charge in [0.15, 0.2) is 0 Å². The van der Waals surface area contributed by atoms with Crippen LogP contribution in [0.15, 0.2) is 128 Å². The van der Waals surface area contributed by atoms with E-state index in [4.69, 9.17) is 0 Å². The summed E-state index contributed by atoms with van der Waals surface area (Å²) in [4.78, 5) is 82.8. The molecule has 0 unspecified atom stereocenters. The van der Waals surface area contributed by atoms with E-state index in [9.17, 15) is 59.1 Å². The average molecular weight is 1540 g/mol. The Hall–Kier alpha value is -6.88. The molecule has 20 nitrogen and oxygen atoms in total. The number of aliphatic hydroxyl groups excluding tert-OH is 1. The van der Waals surface area contributed by atoms with Crippen LogP contribution in [0.2, 0.25) is 0 Å². The first-order chi connectivity index (χ1) is 50.0. The molecule has 4 aromatic carbocycles. The number of thioether (sulfide) groups is 1. The molecule has 4 saturated heterocycles. The Kier molecular flexibility index (Phi) is 23.2. The number of nitrogens with one attached hydrogen (secondary N) is 4. The number of carbonyl (C=O) groups excluding carboxylic acids is 5. The highest BCUT2D eigenvalue weighted by atomic mass is 32.2. The maximum absolute atomic E-state index is 14.6. The second kappa shape index (κ2) is 31.2. The van der Waals surface area contributed by atoms with Crippen molar-refractivity contribution < 1.29 is 59.1 Å². The molecule has 3 saturated carbocycles. The van der Waals surface area contributed by atoms with Crippen LogP contribution in [-0.2, 0) is 39.0 Å². The van der Waals surface area contributed by atoms with Crippen molar-refractivity contribution in [1.29, 1.82) is 0 Å². The number of aromatic nitrogens is 1. The third-order valence-electron chi connectivity index (χ3n) is 23.0. The number of halogens is 3. The van der Waals surface area contributed by atoms with Gasteiger partial charge in [-0.2, -0.15) is 13.2 Å². The van der Waals surface area contributed by atoms with E-state index in [-0.39, 0.29) is 48.2 Å². The van der Waals surface area contributed by atoms with Crippen molar-refractivity contribution in [3.63, 3.8) is 0 Å². The van der Waals surface area contributed by atoms with Crippen LogP contribution in [0.3, 0.4) is 0 Å². The zero-order valence-electron chi connectivity index (χ0n) is 62.2. The number of sulfonamides is 1. The van der Waals surface area contributed by atoms with E-state index in [1.807, 2.05) is 98.8 Å². The Labute approximate surface area is 630 Å². The van der Waals surface area contributed by atoms with Gasteiger partial charge in [-0.1, -0.05) is 108 Å². The zero-order chi connectivity index (χ0) is 75.9. The molecule has 574 valence electrons. The van der Waals surface area contributed by atoms with Crippen LogP contribution in [-0.4, -0.2) is 184 Å². The Morgan fingerprint density at radius 3 is 2.10 bits per heavy atom. The van der Waals surface area contributed by atoms with Gasteiger partial charge in [-0.15, -0.1) is 23.1 Å². The fourth-order valence-electron chi connectivity index (χ4n) is 17.3. The first-order valence-corrected chi connectivity index (χ1v) is 42.2. The van der Waals surface area contributed by atoms with Crippen LogP contribution in [0.4, 0.5) is 24.5 Å². The van der Waals surface area contributed by atoms with Crippen molar-refractivity contribution in [1.82, 2.24) is 39.9 Å². The third-order valence-corrected chi connectivity index (χ3v) is 28.0. The Morgan fingerprint density at radius 1 is 0.802 bits per heavy atom. The molecule has 8 aliphatic rings. The molecule has 2 bridgehead atoms. The summed E-state index contributed by atoms with van der Waals surface area (Å²) in [5, 5.41) is 19.8. The van der Waals surface area contributed by atoms with Gasteiger partial charge in [0.05, 0.1) is 38.8 Å². The molecule has 5 aromatic rings. The second-order valence-electron chi connectivity index (χ2n) is 33.4. The third kappa shape index (κ3) is 17.9. The highest BCUT2D eigenvalue weighted by Crippen LogP contribution is 2.77. The van der Waals surface area contributed by atoms with Crippen molar-refractivity contribution in [3.05, 3.63) is 131 Å². The summed E-state index contributed by atoms with van der Waals surface area (Å²) in [5.41, 5.74) is 3.06. The number of β-amino-alcohol motifs (C(OH)–C–C–N with tert-alkyl or cyclic N) is 1. The molecule has 0 radical (unpaired) electrons. The van der Waals surface area contributed by atoms with Crippen molar-refractivity contribution in [2.24, 2.45) is 27.1 Å². The maximum Gasteiger partial charge on any atom is 0.501 e. The number of benzene rings is 4. The fraction of sp³-hybridized carbons (Fsp3) is 0.570. The summed E-state index contributed by atoms with van der Waals surface area (Å²) in [6.07, 6.45) is 10.0. The molecule has 13 rings (SSSR count). The molecule has 5 N–H and O–H groups in total. The Balaban J connectivity index is 0.584. The van der Waals surface area contributed by atoms with E-state index in [0.29, 0.717) is 99.3 Å². The molecule has 1 aromatic heterocycles. The largest absolute Gasteiger partial charge is 0.501 e. The number of aliphatic hydroxyl groups is 1. The van der Waals surface area contributed by atoms with Crippen molar-refractivity contribution >= 4 is 83.9 Å². The molecule has 5 heterocycles. The molecule has 5 atom stereocenters. The minimum Gasteiger partial charge on any atom is -0.391 e. The molecule has 27 heteroatoms. The van der Waals surface area contributed by atoms with Crippen molar-refractivity contribution in [3.8, 4) is 10.4 Å². The number of rotatable bonds is 29. The highest BCUT2D eigenvalue weighted by Gasteiger charge is 2.67. The standard InChI is InChI=1S/C79H103F3N10O10S4/c1-52(54-20-22-55(23-21-54)69-53(2)83-51-104-69)84-72(97)65-38-60(93)42-92(65)73(98)70(74(3,4)5)86-67(94)18-14-9-10-15-19-68(95)91-49-77(50-91)47-89(48-77)33-31-58(43-103-61-16-12-11-13-17-61)85-64-29-28-62(39-66(64)105(99,100)79(80,81)82)106(101,102)87-71(96)56-24-26-59(27-25-56)90-36-34-88(35-37-90)41-57-30-32-75(6,7)40-63(57)78-44-76(8,45-78)46-78/h11-13,16-17,20-29,39,51-52,58,60,65,70,85,93H,9-10,14-15,18-19,30-38,40-50H2,1-8H3,(H,84,97)(H,86,94)(H,87,96)/t52-,58+,60+,65-,70+,76?,78?/m0/s1. The molecule has 1 spiro atoms. The quantitative estimate of drug-likeness (QED) is 0.0170. The van der Waals surface area contributed by atoms with E-state index in [2.05, 4.69) is 56.4 Å². The van der Waals surface area contributed by atoms with Gasteiger partial charge in [0.25, 0.3) is 25.8 Å². The number of alkyl halides is 3. The molecule has 5 amide bonds. The van der Waals surface area contributed by atoms with E-state index in [1.54, 1.807) is 40.1 Å². The molecular weight excluding hydrogens is 1430 g/mol. The van der Waals surface area contributed by atoms with E-state index >= 15 is 0 Å². The number of amides is 5. The minimum atomic E-state index is -6.15. The van der Waals surface area contributed by atoms with Gasteiger partial charge in [-0.05, 0) is 159 Å². The number of allylic oxidation sites excluding steroid dienone is 1. The number of nitrogens with zero attached hydrogens (tertiary/aromatic N) is 6. The molecule has 106 heavy (non-hydrogen) atoms. The number of sulfone groups is 1. The smallest absolute Gasteiger partial charge is 0.391 e. The van der Waals surface area contributed by atoms with Gasteiger partial charge in [-0.3, -0.25) is 28.9 Å². The zero-order valence-corrected chi connectivity index (χ0v) is 65.4. The lowest BCUT2D eigenvalue weighted by atomic mass is 9.33. The SMILES string of the molecule is Cc1ncsc1-c1ccc([C@H](C)NC(=O)[C@@H]2C[C@@H](O)CN2C(=O)[C@@H](NC(=O)CCCCCCC(=O)N2CC3(CN(CC[C@H](CSc4ccccc4)Nc4ccc(S(=O)(=O)NC(=O)c5ccc(N6CCN(CC7=C(C89CC(C)(C8)C9)CC(C)(C)CC7)CC6)cc5)cc4S(=O)(=O)C(F)(F)F)C3)C2)C(C)(C)C)cc1. The van der Waals surface area contributed by atoms with Crippen LogP contribution in [0.25, 0.3) is 10.4 Å². The number of hydrogen-bond donors (Lipinski definition) is 5. The van der Waals surface area contributed by atoms with Crippen LogP contribution < -0.4 is 25.6 Å². The Morgan fingerprint density at radius 2 is 1.47 bits per heavy atom. The number of unbranched alkanes of at least 4 members (excludes halogenated alkanes) is 3. The monoisotopic (exact) mass is 1540 g/mol. The lowest BCUT2D eigenvalue weighted by Crippen LogP contribution is -2.72. The first kappa shape index (κ1) is 78.7. The lowest BCUT2D eigenvalue weighted by molar-refractivity contribution is -0.167. The predicted octanol–water partition coefficient (Wildman–Crippen LogP) is 12.2. The summed E-state index contributed by atoms with van der Waals surface area (Å²) in [6, 6.07) is 23.2. The number of hydrogen-bond acceptors (Lipinski definition) is 17.